The molecule has 2 aliphatic heterocycles. The molecule has 2 heterocycles. The van der Waals surface area contributed by atoms with Crippen LogP contribution in [0.25, 0.3) is 10.4 Å². The molecule has 2 aromatic rings. The van der Waals surface area contributed by atoms with Gasteiger partial charge in [0, 0.05) is 10.5 Å². The summed E-state index contributed by atoms with van der Waals surface area (Å²) < 4.78 is 17.2. The number of azide groups is 1. The molecule has 2 saturated heterocycles. The van der Waals surface area contributed by atoms with Crippen molar-refractivity contribution in [3.8, 4) is 0 Å². The van der Waals surface area contributed by atoms with E-state index in [1.807, 2.05) is 60.7 Å². The van der Waals surface area contributed by atoms with Crippen LogP contribution in [0.3, 0.4) is 0 Å². The zero-order valence-electron chi connectivity index (χ0n) is 16.0. The second-order valence-corrected chi connectivity index (χ2v) is 7.03. The van der Waals surface area contributed by atoms with Gasteiger partial charge in [-0.25, -0.2) is 4.79 Å². The zero-order chi connectivity index (χ0) is 20.9. The number of ketones is 1. The van der Waals surface area contributed by atoms with Gasteiger partial charge in [0.05, 0.1) is 25.3 Å². The van der Waals surface area contributed by atoms with Gasteiger partial charge in [-0.05, 0) is 11.1 Å². The molecule has 0 bridgehead atoms. The molecule has 0 aliphatic carbocycles. The fourth-order valence-electron chi connectivity index (χ4n) is 3.64. The molecule has 0 saturated carbocycles. The molecule has 0 N–H and O–H groups in total. The quantitative estimate of drug-likeness (QED) is 0.437. The van der Waals surface area contributed by atoms with Crippen molar-refractivity contribution in [3.05, 3.63) is 82.2 Å². The molecule has 0 spiro atoms. The summed E-state index contributed by atoms with van der Waals surface area (Å²) >= 11 is 0. The molecule has 9 nitrogen and oxygen atoms in total. The number of piperidine rings is 1. The lowest BCUT2D eigenvalue weighted by molar-refractivity contribution is -0.249. The Bertz CT molecular complexity index is 948. The summed E-state index contributed by atoms with van der Waals surface area (Å²) in [4.78, 5) is 29.4. The molecule has 0 unspecified atom stereocenters. The minimum absolute atomic E-state index is 0.0792. The molecule has 1 amide bonds. The van der Waals surface area contributed by atoms with E-state index in [1.54, 1.807) is 0 Å². The SMILES string of the molecule is [N-]=[N+]=N[C@@H]1C(=O)CN(C(=O)OCc2ccccc2)[C@@H]2CO[C@@H](c3ccccc3)O[C@@H]12. The standard InChI is InChI=1S/C21H20N4O5/c22-24-23-18-17(26)11-25(21(27)29-12-14-7-3-1-4-8-14)16-13-28-20(30-19(16)18)15-9-5-2-6-10-15/h1-10,16,18-20H,11-13H2/t16-,18-,19-,20-/m1/s1. The van der Waals surface area contributed by atoms with Crippen molar-refractivity contribution in [2.45, 2.75) is 31.1 Å². The Hall–Kier alpha value is -3.39. The summed E-state index contributed by atoms with van der Waals surface area (Å²) in [6, 6.07) is 16.8. The first-order valence-corrected chi connectivity index (χ1v) is 9.53. The summed E-state index contributed by atoms with van der Waals surface area (Å²) in [5.74, 6) is -0.403. The van der Waals surface area contributed by atoms with Crippen molar-refractivity contribution >= 4 is 11.9 Å². The first-order chi connectivity index (χ1) is 14.7. The normalized spacial score (nSPS) is 25.7. The van der Waals surface area contributed by atoms with E-state index in [4.69, 9.17) is 19.7 Å². The Kier molecular flexibility index (Phi) is 5.94. The van der Waals surface area contributed by atoms with E-state index in [0.717, 1.165) is 11.1 Å². The highest BCUT2D eigenvalue weighted by Crippen LogP contribution is 2.34. The summed E-state index contributed by atoms with van der Waals surface area (Å²) in [6.45, 7) is -0.0352. The first-order valence-electron chi connectivity index (χ1n) is 9.53. The Balaban J connectivity index is 1.52. The molecule has 2 aromatic carbocycles. The predicted molar refractivity (Wildman–Crippen MR) is 105 cm³/mol. The molecule has 2 fully saturated rings. The Labute approximate surface area is 172 Å². The van der Waals surface area contributed by atoms with Crippen LogP contribution in [0.1, 0.15) is 17.4 Å². The van der Waals surface area contributed by atoms with Crippen LogP contribution in [0.5, 0.6) is 0 Å². The highest BCUT2D eigenvalue weighted by molar-refractivity contribution is 5.91. The van der Waals surface area contributed by atoms with Crippen molar-refractivity contribution in [1.29, 1.82) is 0 Å². The molecule has 30 heavy (non-hydrogen) atoms. The van der Waals surface area contributed by atoms with E-state index >= 15 is 0 Å². The van der Waals surface area contributed by atoms with Gasteiger partial charge in [-0.2, -0.15) is 0 Å². The van der Waals surface area contributed by atoms with E-state index < -0.39 is 36.4 Å². The van der Waals surface area contributed by atoms with Gasteiger partial charge in [-0.15, -0.1) is 0 Å². The summed E-state index contributed by atoms with van der Waals surface area (Å²) in [5.41, 5.74) is 10.5. The number of likely N-dealkylation sites (tertiary alicyclic amines) is 1. The molecular formula is C21H20N4O5. The van der Waals surface area contributed by atoms with Crippen LogP contribution >= 0.6 is 0 Å². The lowest BCUT2D eigenvalue weighted by Crippen LogP contribution is -2.64. The molecule has 0 aromatic heterocycles. The van der Waals surface area contributed by atoms with E-state index in [2.05, 4.69) is 10.0 Å². The molecule has 9 heteroatoms. The smallest absolute Gasteiger partial charge is 0.410 e. The van der Waals surface area contributed by atoms with Crippen LogP contribution in [0.15, 0.2) is 65.8 Å². The van der Waals surface area contributed by atoms with Gasteiger partial charge in [0.2, 0.25) is 0 Å². The average molecular weight is 408 g/mol. The number of ether oxygens (including phenoxy) is 3. The largest absolute Gasteiger partial charge is 0.445 e. The van der Waals surface area contributed by atoms with Crippen molar-refractivity contribution in [3.63, 3.8) is 0 Å². The number of rotatable bonds is 4. The minimum Gasteiger partial charge on any atom is -0.445 e. The third-order valence-corrected chi connectivity index (χ3v) is 5.13. The Morgan fingerprint density at radius 3 is 2.57 bits per heavy atom. The van der Waals surface area contributed by atoms with Gasteiger partial charge in [0.15, 0.2) is 12.1 Å². The molecule has 2 aliphatic rings. The second kappa shape index (κ2) is 8.96. The van der Waals surface area contributed by atoms with E-state index in [-0.39, 0.29) is 19.8 Å². The number of carbonyl (C=O) groups is 2. The number of fused-ring (bicyclic) bond motifs is 1. The monoisotopic (exact) mass is 408 g/mol. The number of benzene rings is 2. The Morgan fingerprint density at radius 2 is 1.87 bits per heavy atom. The highest BCUT2D eigenvalue weighted by atomic mass is 16.7. The van der Waals surface area contributed by atoms with Crippen LogP contribution in [-0.4, -0.2) is 48.1 Å². The van der Waals surface area contributed by atoms with Crippen LogP contribution in [0, 0.1) is 0 Å². The maximum absolute atomic E-state index is 12.7. The van der Waals surface area contributed by atoms with Gasteiger partial charge in [-0.1, -0.05) is 65.8 Å². The van der Waals surface area contributed by atoms with Crippen molar-refractivity contribution < 1.29 is 23.8 Å². The van der Waals surface area contributed by atoms with Crippen LogP contribution < -0.4 is 0 Å². The molecule has 0 radical (unpaired) electrons. The predicted octanol–water partition coefficient (Wildman–Crippen LogP) is 3.37. The average Bonchev–Trinajstić information content (AvgIpc) is 2.80. The van der Waals surface area contributed by atoms with Crippen molar-refractivity contribution in [1.82, 2.24) is 4.90 Å². The molecule has 4 rings (SSSR count). The van der Waals surface area contributed by atoms with Gasteiger partial charge < -0.3 is 14.2 Å². The first kappa shape index (κ1) is 19.9. The van der Waals surface area contributed by atoms with Crippen LogP contribution in [0.2, 0.25) is 0 Å². The van der Waals surface area contributed by atoms with Crippen molar-refractivity contribution in [2.75, 3.05) is 13.2 Å². The van der Waals surface area contributed by atoms with Crippen LogP contribution in [-0.2, 0) is 25.6 Å². The lowest BCUT2D eigenvalue weighted by atomic mass is 9.92. The third kappa shape index (κ3) is 4.13. The second-order valence-electron chi connectivity index (χ2n) is 7.03. The van der Waals surface area contributed by atoms with E-state index in [0.29, 0.717) is 0 Å². The number of amides is 1. The van der Waals surface area contributed by atoms with Crippen molar-refractivity contribution in [2.24, 2.45) is 5.11 Å². The van der Waals surface area contributed by atoms with Gasteiger partial charge in [0.25, 0.3) is 0 Å². The van der Waals surface area contributed by atoms with Gasteiger partial charge in [0.1, 0.15) is 12.6 Å². The highest BCUT2D eigenvalue weighted by Gasteiger charge is 2.49. The summed E-state index contributed by atoms with van der Waals surface area (Å²) in [5, 5.41) is 3.64. The fourth-order valence-corrected chi connectivity index (χ4v) is 3.64. The summed E-state index contributed by atoms with van der Waals surface area (Å²) in [6.07, 6.45) is -2.20. The van der Waals surface area contributed by atoms with E-state index in [9.17, 15) is 9.59 Å². The number of carbonyl (C=O) groups excluding carboxylic acids is 2. The van der Waals surface area contributed by atoms with Crippen LogP contribution in [0.4, 0.5) is 4.79 Å². The number of nitrogens with zero attached hydrogens (tertiary/aromatic N) is 4. The molecule has 154 valence electrons. The molecular weight excluding hydrogens is 388 g/mol. The fraction of sp³-hybridized carbons (Fsp3) is 0.333. The van der Waals surface area contributed by atoms with Gasteiger partial charge >= 0.3 is 6.09 Å². The van der Waals surface area contributed by atoms with E-state index in [1.165, 1.54) is 4.90 Å². The zero-order valence-corrected chi connectivity index (χ0v) is 16.0. The number of hydrogen-bond acceptors (Lipinski definition) is 6. The molecule has 4 atom stereocenters. The minimum atomic E-state index is -1.03. The number of Topliss-reactive ketones (excluding diaryl/α,β-unsaturated/α-hetero) is 1. The number of hydrogen-bond donors (Lipinski definition) is 0. The van der Waals surface area contributed by atoms with Gasteiger partial charge in [-0.3, -0.25) is 9.69 Å². The third-order valence-electron chi connectivity index (χ3n) is 5.13. The summed E-state index contributed by atoms with van der Waals surface area (Å²) in [7, 11) is 0. The topological polar surface area (TPSA) is 114 Å². The maximum atomic E-state index is 12.7. The Morgan fingerprint density at radius 1 is 1.17 bits per heavy atom. The lowest BCUT2D eigenvalue weighted by Gasteiger charge is -2.46. The maximum Gasteiger partial charge on any atom is 0.410 e.